The van der Waals surface area contributed by atoms with Gasteiger partial charge in [0.15, 0.2) is 0 Å². The molecular formula is C13H14BrNS. The molecule has 0 radical (unpaired) electrons. The van der Waals surface area contributed by atoms with Gasteiger partial charge in [-0.3, -0.25) is 0 Å². The summed E-state index contributed by atoms with van der Waals surface area (Å²) in [6, 6.07) is 12.4. The molecule has 0 fully saturated rings. The Morgan fingerprint density at radius 3 is 2.56 bits per heavy atom. The van der Waals surface area contributed by atoms with E-state index in [9.17, 15) is 0 Å². The lowest BCUT2D eigenvalue weighted by Crippen LogP contribution is -2.35. The van der Waals surface area contributed by atoms with Gasteiger partial charge in [-0.15, -0.1) is 11.3 Å². The third-order valence-electron chi connectivity index (χ3n) is 2.60. The molecule has 0 spiro atoms. The summed E-state index contributed by atoms with van der Waals surface area (Å²) in [6.07, 6.45) is 0.868. The number of benzene rings is 1. The van der Waals surface area contributed by atoms with Crippen LogP contribution in [0.1, 0.15) is 17.4 Å². The summed E-state index contributed by atoms with van der Waals surface area (Å²) in [5, 5.41) is 2.09. The lowest BCUT2D eigenvalue weighted by atomic mass is 9.89. The van der Waals surface area contributed by atoms with Crippen molar-refractivity contribution in [2.45, 2.75) is 18.9 Å². The second-order valence-electron chi connectivity index (χ2n) is 4.19. The van der Waals surface area contributed by atoms with E-state index >= 15 is 0 Å². The molecule has 1 heterocycles. The van der Waals surface area contributed by atoms with Crippen LogP contribution in [0.5, 0.6) is 0 Å². The van der Waals surface area contributed by atoms with Gasteiger partial charge in [0.1, 0.15) is 0 Å². The maximum atomic E-state index is 6.37. The van der Waals surface area contributed by atoms with Gasteiger partial charge >= 0.3 is 0 Å². The largest absolute Gasteiger partial charge is 0.321 e. The highest BCUT2D eigenvalue weighted by Crippen LogP contribution is 2.27. The third kappa shape index (κ3) is 2.73. The van der Waals surface area contributed by atoms with Gasteiger partial charge in [0, 0.05) is 26.7 Å². The quantitative estimate of drug-likeness (QED) is 0.912. The van der Waals surface area contributed by atoms with E-state index in [1.54, 1.807) is 11.3 Å². The van der Waals surface area contributed by atoms with Crippen molar-refractivity contribution in [3.8, 4) is 0 Å². The van der Waals surface area contributed by atoms with Crippen LogP contribution >= 0.6 is 27.3 Å². The number of nitrogens with two attached hydrogens (primary N) is 1. The first-order valence-electron chi connectivity index (χ1n) is 5.15. The summed E-state index contributed by atoms with van der Waals surface area (Å²) < 4.78 is 1.14. The van der Waals surface area contributed by atoms with Crippen molar-refractivity contribution in [1.29, 1.82) is 0 Å². The minimum absolute atomic E-state index is 0.300. The maximum absolute atomic E-state index is 6.37. The molecule has 0 aliphatic rings. The smallest absolute Gasteiger partial charge is 0.0429 e. The Bertz CT molecular complexity index is 462. The Morgan fingerprint density at radius 2 is 2.00 bits per heavy atom. The second-order valence-corrected chi connectivity index (χ2v) is 6.10. The van der Waals surface area contributed by atoms with Crippen LogP contribution in [0.4, 0.5) is 0 Å². The molecule has 0 aliphatic carbocycles. The van der Waals surface area contributed by atoms with Gasteiger partial charge < -0.3 is 5.73 Å². The van der Waals surface area contributed by atoms with E-state index in [0.717, 1.165) is 10.9 Å². The molecule has 1 nitrogen and oxygen atoms in total. The SMILES string of the molecule is CC(N)(Cc1cc(Br)cs1)c1ccccc1. The van der Waals surface area contributed by atoms with Crippen molar-refractivity contribution in [1.82, 2.24) is 0 Å². The zero-order valence-electron chi connectivity index (χ0n) is 9.11. The summed E-state index contributed by atoms with van der Waals surface area (Å²) in [5.74, 6) is 0. The summed E-state index contributed by atoms with van der Waals surface area (Å²) in [7, 11) is 0. The van der Waals surface area contributed by atoms with Crippen molar-refractivity contribution in [2.75, 3.05) is 0 Å². The first-order valence-corrected chi connectivity index (χ1v) is 6.82. The molecule has 1 aromatic heterocycles. The molecule has 0 saturated heterocycles. The molecule has 2 rings (SSSR count). The van der Waals surface area contributed by atoms with Crippen LogP contribution in [0.15, 0.2) is 46.3 Å². The Labute approximate surface area is 108 Å². The van der Waals surface area contributed by atoms with Crippen LogP contribution in [-0.4, -0.2) is 0 Å². The second kappa shape index (κ2) is 4.70. The van der Waals surface area contributed by atoms with E-state index in [1.165, 1.54) is 10.4 Å². The average Bonchev–Trinajstić information content (AvgIpc) is 2.64. The Morgan fingerprint density at radius 1 is 1.31 bits per heavy atom. The number of halogens is 1. The highest BCUT2D eigenvalue weighted by atomic mass is 79.9. The zero-order chi connectivity index (χ0) is 11.6. The molecule has 1 unspecified atom stereocenters. The van der Waals surface area contributed by atoms with Crippen molar-refractivity contribution in [3.05, 3.63) is 56.7 Å². The van der Waals surface area contributed by atoms with Crippen LogP contribution in [-0.2, 0) is 12.0 Å². The number of thiophene rings is 1. The Hall–Kier alpha value is -0.640. The van der Waals surface area contributed by atoms with Crippen LogP contribution in [0.2, 0.25) is 0 Å². The van der Waals surface area contributed by atoms with E-state index in [4.69, 9.17) is 5.73 Å². The molecule has 0 saturated carbocycles. The van der Waals surface area contributed by atoms with Crippen molar-refractivity contribution in [3.63, 3.8) is 0 Å². The van der Waals surface area contributed by atoms with E-state index in [2.05, 4.69) is 46.4 Å². The Kier molecular flexibility index (Phi) is 3.47. The fourth-order valence-corrected chi connectivity index (χ4v) is 3.35. The first kappa shape index (κ1) is 11.8. The van der Waals surface area contributed by atoms with Gasteiger partial charge in [0.25, 0.3) is 0 Å². The van der Waals surface area contributed by atoms with Gasteiger partial charge in [0.2, 0.25) is 0 Å². The number of hydrogen-bond donors (Lipinski definition) is 1. The summed E-state index contributed by atoms with van der Waals surface area (Å²) >= 11 is 5.21. The van der Waals surface area contributed by atoms with Crippen LogP contribution < -0.4 is 5.73 Å². The van der Waals surface area contributed by atoms with Crippen molar-refractivity contribution >= 4 is 27.3 Å². The van der Waals surface area contributed by atoms with Gasteiger partial charge in [-0.25, -0.2) is 0 Å². The van der Waals surface area contributed by atoms with Gasteiger partial charge in [-0.1, -0.05) is 30.3 Å². The standard InChI is InChI=1S/C13H14BrNS/c1-13(15,10-5-3-2-4-6-10)8-12-7-11(14)9-16-12/h2-7,9H,8,15H2,1H3. The minimum atomic E-state index is -0.300. The highest BCUT2D eigenvalue weighted by Gasteiger charge is 2.21. The lowest BCUT2D eigenvalue weighted by molar-refractivity contribution is 0.495. The van der Waals surface area contributed by atoms with Gasteiger partial charge in [-0.05, 0) is 34.5 Å². The number of rotatable bonds is 3. The maximum Gasteiger partial charge on any atom is 0.0429 e. The van der Waals surface area contributed by atoms with Crippen molar-refractivity contribution < 1.29 is 0 Å². The molecule has 0 aliphatic heterocycles. The molecule has 1 atom stereocenters. The molecule has 2 aromatic rings. The predicted octanol–water partition coefficient (Wildman–Crippen LogP) is 3.93. The van der Waals surface area contributed by atoms with E-state index in [0.29, 0.717) is 0 Å². The first-order chi connectivity index (χ1) is 7.58. The highest BCUT2D eigenvalue weighted by molar-refractivity contribution is 9.10. The predicted molar refractivity (Wildman–Crippen MR) is 73.7 cm³/mol. The monoisotopic (exact) mass is 295 g/mol. The summed E-state index contributed by atoms with van der Waals surface area (Å²) in [4.78, 5) is 1.31. The fourth-order valence-electron chi connectivity index (χ4n) is 1.73. The van der Waals surface area contributed by atoms with Crippen LogP contribution in [0.3, 0.4) is 0 Å². The molecule has 84 valence electrons. The molecule has 2 N–H and O–H groups in total. The van der Waals surface area contributed by atoms with Crippen LogP contribution in [0.25, 0.3) is 0 Å². The lowest BCUT2D eigenvalue weighted by Gasteiger charge is -2.24. The van der Waals surface area contributed by atoms with Gasteiger partial charge in [-0.2, -0.15) is 0 Å². The fraction of sp³-hybridized carbons (Fsp3) is 0.231. The molecular weight excluding hydrogens is 282 g/mol. The topological polar surface area (TPSA) is 26.0 Å². The third-order valence-corrected chi connectivity index (χ3v) is 4.29. The summed E-state index contributed by atoms with van der Waals surface area (Å²) in [5.41, 5.74) is 7.25. The average molecular weight is 296 g/mol. The normalized spacial score (nSPS) is 14.7. The molecule has 0 bridgehead atoms. The zero-order valence-corrected chi connectivity index (χ0v) is 11.5. The molecule has 1 aromatic carbocycles. The molecule has 0 amide bonds. The summed E-state index contributed by atoms with van der Waals surface area (Å²) in [6.45, 7) is 2.08. The van der Waals surface area contributed by atoms with E-state index < -0.39 is 0 Å². The Balaban J connectivity index is 2.20. The van der Waals surface area contributed by atoms with Gasteiger partial charge in [0.05, 0.1) is 0 Å². The van der Waals surface area contributed by atoms with Crippen LogP contribution in [0, 0.1) is 0 Å². The molecule has 3 heteroatoms. The van der Waals surface area contributed by atoms with Crippen molar-refractivity contribution in [2.24, 2.45) is 5.73 Å². The van der Waals surface area contributed by atoms with E-state index in [-0.39, 0.29) is 5.54 Å². The molecule has 16 heavy (non-hydrogen) atoms. The minimum Gasteiger partial charge on any atom is -0.321 e. The number of hydrogen-bond acceptors (Lipinski definition) is 2. The van der Waals surface area contributed by atoms with E-state index in [1.807, 2.05) is 18.2 Å².